The molecule has 0 spiro atoms. The van der Waals surface area contributed by atoms with E-state index in [1.807, 2.05) is 0 Å². The number of aliphatic hydroxyl groups is 1. The molecule has 0 amide bonds. The zero-order valence-electron chi connectivity index (χ0n) is 19.0. The zero-order chi connectivity index (χ0) is 23.8. The number of halogens is 1. The summed E-state index contributed by atoms with van der Waals surface area (Å²) in [5.74, 6) is 4.21. The molecule has 0 heterocycles. The maximum absolute atomic E-state index is 10.7. The van der Waals surface area contributed by atoms with Gasteiger partial charge in [0, 0.05) is 17.3 Å². The molecule has 0 unspecified atom stereocenters. The molecule has 0 aromatic heterocycles. The quantitative estimate of drug-likeness (QED) is 0.503. The first-order valence-electron chi connectivity index (χ1n) is 11.0. The normalized spacial score (nSPS) is 37.0. The topological polar surface area (TPSA) is 150 Å². The van der Waals surface area contributed by atoms with Crippen LogP contribution in [-0.2, 0) is 23.7 Å². The molecule has 0 aromatic rings. The molecule has 6 saturated carbocycles. The van der Waals surface area contributed by atoms with Crippen LogP contribution in [0.5, 0.6) is 0 Å². The highest BCUT2D eigenvalue weighted by Gasteiger charge is 2.54. The summed E-state index contributed by atoms with van der Waals surface area (Å²) in [6.07, 6.45) is 7.52. The minimum absolute atomic E-state index is 0.264. The molecule has 4 bridgehead atoms. The lowest BCUT2D eigenvalue weighted by molar-refractivity contribution is -0.116. The third-order valence-electron chi connectivity index (χ3n) is 8.68. The van der Waals surface area contributed by atoms with Crippen LogP contribution in [0.2, 0.25) is 0 Å². The summed E-state index contributed by atoms with van der Waals surface area (Å²) < 4.78 is 44.5. The van der Waals surface area contributed by atoms with Crippen molar-refractivity contribution in [2.45, 2.75) is 66.2 Å². The summed E-state index contributed by atoms with van der Waals surface area (Å²) in [4.78, 5) is 0. The second-order valence-corrected chi connectivity index (χ2v) is 14.3. The van der Waals surface area contributed by atoms with Crippen LogP contribution in [0.15, 0.2) is 0 Å². The molecule has 0 radical (unpaired) electrons. The van der Waals surface area contributed by atoms with Crippen molar-refractivity contribution in [3.63, 3.8) is 0 Å². The van der Waals surface area contributed by atoms with Gasteiger partial charge in [-0.25, -0.2) is 10.3 Å². The van der Waals surface area contributed by atoms with Gasteiger partial charge in [-0.3, -0.25) is 4.18 Å². The summed E-state index contributed by atoms with van der Waals surface area (Å²) in [6.45, 7) is 9.96. The first-order valence-corrected chi connectivity index (χ1v) is 14.8. The fourth-order valence-corrected chi connectivity index (χ4v) is 6.89. The van der Waals surface area contributed by atoms with E-state index in [0.717, 1.165) is 24.2 Å². The molecule has 6 rings (SSSR count). The summed E-state index contributed by atoms with van der Waals surface area (Å²) in [7, 11) is -3.18. The lowest BCUT2D eigenvalue weighted by Crippen LogP contribution is -2.53. The molecule has 0 saturated heterocycles. The standard InChI is InChI=1S/C10H19NO3S.C10H18O.ClH2NO2S/c1-10(2)8-4-3-7(9(10)5-8)6-14-15(11,12)13;1-10(2)8-4-3-7(6-11)9(10)5-8;1-5(2,3)4/h7-9H,3-6H2,1-2H3,(H2,11,12,13);7-9,11H,3-6H2,1-2H3;(H2,2,3,4)/t2*7-,8+,9+;/m00./s1. The van der Waals surface area contributed by atoms with Gasteiger partial charge in [0.1, 0.15) is 0 Å². The smallest absolute Gasteiger partial charge is 0.333 e. The molecule has 6 atom stereocenters. The van der Waals surface area contributed by atoms with Crippen LogP contribution in [0.3, 0.4) is 0 Å². The molecule has 8 nitrogen and oxygen atoms in total. The van der Waals surface area contributed by atoms with Gasteiger partial charge in [-0.15, -0.1) is 0 Å². The number of hydrogen-bond donors (Lipinski definition) is 3. The van der Waals surface area contributed by atoms with E-state index in [-0.39, 0.29) is 6.61 Å². The van der Waals surface area contributed by atoms with Crippen LogP contribution in [0.25, 0.3) is 0 Å². The monoisotopic (exact) mass is 502 g/mol. The van der Waals surface area contributed by atoms with Gasteiger partial charge in [0.25, 0.3) is 9.24 Å². The predicted molar refractivity (Wildman–Crippen MR) is 121 cm³/mol. The molecule has 184 valence electrons. The molecular formula is C20H39ClN2O6S2. The average Bonchev–Trinajstić information content (AvgIpc) is 2.64. The Labute approximate surface area is 192 Å². The first kappa shape index (κ1) is 27.3. The van der Waals surface area contributed by atoms with E-state index in [1.165, 1.54) is 32.1 Å². The predicted octanol–water partition coefficient (Wildman–Crippen LogP) is 2.76. The van der Waals surface area contributed by atoms with Gasteiger partial charge in [0.05, 0.1) is 6.61 Å². The van der Waals surface area contributed by atoms with Crippen molar-refractivity contribution in [3.05, 3.63) is 0 Å². The number of rotatable bonds is 4. The van der Waals surface area contributed by atoms with Crippen LogP contribution < -0.4 is 10.3 Å². The second kappa shape index (κ2) is 9.72. The van der Waals surface area contributed by atoms with Crippen LogP contribution in [0.4, 0.5) is 0 Å². The van der Waals surface area contributed by atoms with Crippen molar-refractivity contribution >= 4 is 30.2 Å². The van der Waals surface area contributed by atoms with E-state index < -0.39 is 19.5 Å². The minimum Gasteiger partial charge on any atom is -0.396 e. The van der Waals surface area contributed by atoms with Crippen molar-refractivity contribution in [2.24, 2.45) is 56.6 Å². The number of nitrogens with two attached hydrogens (primary N) is 2. The summed E-state index contributed by atoms with van der Waals surface area (Å²) in [6, 6.07) is 0. The van der Waals surface area contributed by atoms with Crippen LogP contribution in [0, 0.1) is 46.3 Å². The molecule has 0 aromatic carbocycles. The molecule has 5 N–H and O–H groups in total. The van der Waals surface area contributed by atoms with Crippen molar-refractivity contribution in [1.29, 1.82) is 0 Å². The largest absolute Gasteiger partial charge is 0.396 e. The molecule has 31 heavy (non-hydrogen) atoms. The van der Waals surface area contributed by atoms with Crippen LogP contribution >= 0.6 is 10.7 Å². The Balaban J connectivity index is 0.000000187. The highest BCUT2D eigenvalue weighted by Crippen LogP contribution is 2.62. The molecule has 6 fully saturated rings. The minimum atomic E-state index is -3.77. The second-order valence-electron chi connectivity index (χ2n) is 10.8. The average molecular weight is 503 g/mol. The van der Waals surface area contributed by atoms with Crippen molar-refractivity contribution in [2.75, 3.05) is 13.2 Å². The lowest BCUT2D eigenvalue weighted by Gasteiger charge is -2.60. The van der Waals surface area contributed by atoms with Crippen molar-refractivity contribution in [1.82, 2.24) is 0 Å². The molecule has 6 aliphatic rings. The number of aliphatic hydroxyl groups excluding tert-OH is 1. The van der Waals surface area contributed by atoms with E-state index in [4.69, 9.17) is 14.4 Å². The summed E-state index contributed by atoms with van der Waals surface area (Å²) in [5, 5.41) is 18.0. The van der Waals surface area contributed by atoms with Crippen LogP contribution in [-0.4, -0.2) is 35.2 Å². The van der Waals surface area contributed by atoms with Gasteiger partial charge in [-0.1, -0.05) is 27.7 Å². The van der Waals surface area contributed by atoms with E-state index >= 15 is 0 Å². The van der Waals surface area contributed by atoms with Gasteiger partial charge < -0.3 is 5.11 Å². The Bertz CT molecular complexity index is 819. The van der Waals surface area contributed by atoms with Crippen LogP contribution in [0.1, 0.15) is 66.2 Å². The highest BCUT2D eigenvalue weighted by atomic mass is 35.7. The molecule has 6 aliphatic carbocycles. The maximum atomic E-state index is 10.7. The Hall–Kier alpha value is 0.0300. The van der Waals surface area contributed by atoms with E-state index in [1.54, 1.807) is 0 Å². The summed E-state index contributed by atoms with van der Waals surface area (Å²) in [5.41, 5.74) is 0.913. The SMILES string of the molecule is CC1(C)[C@@H]2CC[C@@H](CO)[C@H]1C2.CC1(C)[C@@H]2CC[C@@H](COS(N)(=O)=O)[C@H]1C2.NS(=O)(=O)Cl. The lowest BCUT2D eigenvalue weighted by atomic mass is 9.46. The van der Waals surface area contributed by atoms with Gasteiger partial charge in [0.2, 0.25) is 0 Å². The van der Waals surface area contributed by atoms with E-state index in [0.29, 0.717) is 35.2 Å². The fourth-order valence-electron chi connectivity index (χ4n) is 6.53. The molecule has 11 heteroatoms. The zero-order valence-corrected chi connectivity index (χ0v) is 21.3. The fraction of sp³-hybridized carbons (Fsp3) is 1.00. The Morgan fingerprint density at radius 2 is 1.26 bits per heavy atom. The number of fused-ring (bicyclic) bond motifs is 4. The van der Waals surface area contributed by atoms with Gasteiger partial charge in [0.15, 0.2) is 0 Å². The van der Waals surface area contributed by atoms with Gasteiger partial charge in [-0.2, -0.15) is 16.8 Å². The third-order valence-corrected chi connectivity index (χ3v) is 9.15. The van der Waals surface area contributed by atoms with E-state index in [2.05, 4.69) is 43.5 Å². The Morgan fingerprint density at radius 3 is 1.55 bits per heavy atom. The molecular weight excluding hydrogens is 464 g/mol. The van der Waals surface area contributed by atoms with Crippen molar-refractivity contribution in [3.8, 4) is 0 Å². The van der Waals surface area contributed by atoms with Gasteiger partial charge >= 0.3 is 10.3 Å². The summed E-state index contributed by atoms with van der Waals surface area (Å²) >= 11 is 0. The highest BCUT2D eigenvalue weighted by molar-refractivity contribution is 8.11. The molecule has 0 aliphatic heterocycles. The van der Waals surface area contributed by atoms with E-state index in [9.17, 15) is 16.8 Å². The van der Waals surface area contributed by atoms with Crippen molar-refractivity contribution < 1.29 is 26.1 Å². The number of hydrogen-bond acceptors (Lipinski definition) is 6. The van der Waals surface area contributed by atoms with Gasteiger partial charge in [-0.05, 0) is 84.9 Å². The third kappa shape index (κ3) is 7.01. The Morgan fingerprint density at radius 1 is 0.871 bits per heavy atom. The first-order chi connectivity index (χ1) is 14.0. The Kier molecular flexibility index (Phi) is 8.55. The maximum Gasteiger partial charge on any atom is 0.333 e.